The van der Waals surface area contributed by atoms with Gasteiger partial charge in [0.05, 0.1) is 21.7 Å². The molecule has 5 rings (SSSR count). The number of sulfonamides is 1. The van der Waals surface area contributed by atoms with E-state index < -0.39 is 21.9 Å². The summed E-state index contributed by atoms with van der Waals surface area (Å²) in [6.45, 7) is 2.64. The van der Waals surface area contributed by atoms with Crippen molar-refractivity contribution in [3.63, 3.8) is 0 Å². The van der Waals surface area contributed by atoms with E-state index >= 15 is 0 Å². The SMILES string of the molecule is CCOC(=O)Cn1c(=NC(=O)c2ccc(NS(=O)(=O)c3ccccc3)cc2)sc2cc3c(cc21)OCCO3. The molecule has 196 valence electrons. The molecule has 0 spiro atoms. The molecule has 1 amide bonds. The van der Waals surface area contributed by atoms with Gasteiger partial charge in [-0.05, 0) is 43.3 Å². The highest BCUT2D eigenvalue weighted by Crippen LogP contribution is 2.35. The van der Waals surface area contributed by atoms with E-state index in [2.05, 4.69) is 9.71 Å². The van der Waals surface area contributed by atoms with Crippen molar-refractivity contribution in [3.05, 3.63) is 77.1 Å². The summed E-state index contributed by atoms with van der Waals surface area (Å²) in [5, 5.41) is 0. The van der Waals surface area contributed by atoms with Gasteiger partial charge in [-0.25, -0.2) is 8.42 Å². The van der Waals surface area contributed by atoms with Crippen LogP contribution in [0.2, 0.25) is 0 Å². The van der Waals surface area contributed by atoms with Crippen LogP contribution in [0.5, 0.6) is 11.5 Å². The first-order valence-corrected chi connectivity index (χ1v) is 14.0. The molecule has 38 heavy (non-hydrogen) atoms. The number of fused-ring (bicyclic) bond motifs is 2. The van der Waals surface area contributed by atoms with Crippen molar-refractivity contribution in [1.29, 1.82) is 0 Å². The van der Waals surface area contributed by atoms with Gasteiger partial charge >= 0.3 is 5.97 Å². The summed E-state index contributed by atoms with van der Waals surface area (Å²) in [6, 6.07) is 17.5. The zero-order chi connectivity index (χ0) is 26.7. The van der Waals surface area contributed by atoms with Crippen molar-refractivity contribution in [2.75, 3.05) is 24.5 Å². The first-order chi connectivity index (χ1) is 18.3. The van der Waals surface area contributed by atoms with E-state index in [-0.39, 0.29) is 23.6 Å². The molecule has 0 radical (unpaired) electrons. The molecule has 10 nitrogen and oxygen atoms in total. The minimum Gasteiger partial charge on any atom is -0.486 e. The van der Waals surface area contributed by atoms with Crippen molar-refractivity contribution in [1.82, 2.24) is 4.57 Å². The van der Waals surface area contributed by atoms with Gasteiger partial charge in [0, 0.05) is 23.4 Å². The van der Waals surface area contributed by atoms with Crippen molar-refractivity contribution in [2.45, 2.75) is 18.4 Å². The summed E-state index contributed by atoms with van der Waals surface area (Å²) in [5.74, 6) is 0.111. The average molecular weight is 554 g/mol. The van der Waals surface area contributed by atoms with Crippen LogP contribution in [0.3, 0.4) is 0 Å². The Hall–Kier alpha value is -4.16. The molecular formula is C26H23N3O7S2. The lowest BCUT2D eigenvalue weighted by Gasteiger charge is -2.18. The Morgan fingerprint density at radius 2 is 1.71 bits per heavy atom. The van der Waals surface area contributed by atoms with Crippen LogP contribution >= 0.6 is 11.3 Å². The highest BCUT2D eigenvalue weighted by Gasteiger charge is 2.19. The lowest BCUT2D eigenvalue weighted by atomic mass is 10.2. The topological polar surface area (TPSA) is 125 Å². The maximum atomic E-state index is 13.1. The second kappa shape index (κ2) is 10.7. The van der Waals surface area contributed by atoms with Crippen molar-refractivity contribution >= 4 is 49.1 Å². The first-order valence-electron chi connectivity index (χ1n) is 11.7. The third kappa shape index (κ3) is 5.41. The minimum atomic E-state index is -3.76. The molecule has 0 fully saturated rings. The van der Waals surface area contributed by atoms with Gasteiger partial charge in [-0.1, -0.05) is 29.5 Å². The number of anilines is 1. The van der Waals surface area contributed by atoms with Gasteiger partial charge in [-0.3, -0.25) is 14.3 Å². The molecule has 0 aliphatic carbocycles. The molecule has 3 aromatic carbocycles. The molecule has 0 unspecified atom stereocenters. The van der Waals surface area contributed by atoms with Crippen LogP contribution < -0.4 is 19.0 Å². The van der Waals surface area contributed by atoms with Crippen molar-refractivity contribution in [3.8, 4) is 11.5 Å². The lowest BCUT2D eigenvalue weighted by molar-refractivity contribution is -0.143. The molecule has 0 saturated carbocycles. The summed E-state index contributed by atoms with van der Waals surface area (Å²) >= 11 is 1.23. The number of rotatable bonds is 7. The van der Waals surface area contributed by atoms with Gasteiger partial charge < -0.3 is 18.8 Å². The van der Waals surface area contributed by atoms with Crippen LogP contribution in [-0.4, -0.2) is 44.7 Å². The number of amides is 1. The number of thiazole rings is 1. The standard InChI is InChI=1S/C26H23N3O7S2/c1-2-34-24(30)16-29-20-14-21-22(36-13-12-35-21)15-23(20)37-26(29)27-25(31)17-8-10-18(11-9-17)28-38(32,33)19-6-4-3-5-7-19/h3-11,14-15,28H,2,12-13,16H2,1H3. The van der Waals surface area contributed by atoms with Crippen LogP contribution in [0.15, 0.2) is 76.6 Å². The normalized spacial score (nSPS) is 13.3. The Morgan fingerprint density at radius 1 is 1.03 bits per heavy atom. The molecule has 0 atom stereocenters. The number of aromatic nitrogens is 1. The number of carbonyl (C=O) groups excluding carboxylic acids is 2. The van der Waals surface area contributed by atoms with Gasteiger partial charge in [0.2, 0.25) is 0 Å². The summed E-state index contributed by atoms with van der Waals surface area (Å²) < 4.78 is 46.4. The zero-order valence-corrected chi connectivity index (χ0v) is 21.9. The zero-order valence-electron chi connectivity index (χ0n) is 20.2. The predicted octanol–water partition coefficient (Wildman–Crippen LogP) is 3.58. The van der Waals surface area contributed by atoms with E-state index in [1.54, 1.807) is 41.8 Å². The number of nitrogens with zero attached hydrogens (tertiary/aromatic N) is 2. The molecule has 4 aromatic rings. The van der Waals surface area contributed by atoms with E-state index in [0.717, 1.165) is 4.70 Å². The average Bonchev–Trinajstić information content (AvgIpc) is 3.23. The molecule has 1 aliphatic rings. The van der Waals surface area contributed by atoms with Crippen molar-refractivity contribution in [2.24, 2.45) is 4.99 Å². The van der Waals surface area contributed by atoms with Gasteiger partial charge in [0.25, 0.3) is 15.9 Å². The van der Waals surface area contributed by atoms with E-state index in [4.69, 9.17) is 14.2 Å². The Bertz CT molecular complexity index is 1680. The molecule has 0 bridgehead atoms. The maximum Gasteiger partial charge on any atom is 0.326 e. The number of hydrogen-bond donors (Lipinski definition) is 1. The number of ether oxygens (including phenoxy) is 3. The summed E-state index contributed by atoms with van der Waals surface area (Å²) in [6.07, 6.45) is 0. The van der Waals surface area contributed by atoms with Crippen molar-refractivity contribution < 1.29 is 32.2 Å². The lowest BCUT2D eigenvalue weighted by Crippen LogP contribution is -2.23. The molecular weight excluding hydrogens is 530 g/mol. The van der Waals surface area contributed by atoms with Gasteiger partial charge in [0.1, 0.15) is 19.8 Å². The van der Waals surface area contributed by atoms with Gasteiger partial charge in [-0.2, -0.15) is 4.99 Å². The molecule has 1 aliphatic heterocycles. The summed E-state index contributed by atoms with van der Waals surface area (Å²) in [5.41, 5.74) is 1.21. The van der Waals surface area contributed by atoms with Gasteiger partial charge in [0.15, 0.2) is 16.3 Å². The van der Waals surface area contributed by atoms with Crippen LogP contribution in [0.1, 0.15) is 17.3 Å². The van der Waals surface area contributed by atoms with Crippen LogP contribution in [0.4, 0.5) is 5.69 Å². The monoisotopic (exact) mass is 553 g/mol. The number of esters is 1. The van der Waals surface area contributed by atoms with E-state index in [9.17, 15) is 18.0 Å². The summed E-state index contributed by atoms with van der Waals surface area (Å²) in [4.78, 5) is 30.1. The van der Waals surface area contributed by atoms with Crippen LogP contribution in [0, 0.1) is 0 Å². The largest absolute Gasteiger partial charge is 0.486 e. The quantitative estimate of drug-likeness (QED) is 0.347. The molecule has 1 N–H and O–H groups in total. The number of benzene rings is 3. The number of nitrogens with one attached hydrogen (secondary N) is 1. The molecule has 0 saturated heterocycles. The van der Waals surface area contributed by atoms with Crippen LogP contribution in [-0.2, 0) is 26.1 Å². The maximum absolute atomic E-state index is 13.1. The first kappa shape index (κ1) is 25.5. The van der Waals surface area contributed by atoms with E-state index in [1.807, 2.05) is 0 Å². The Kier molecular flexibility index (Phi) is 7.16. The minimum absolute atomic E-state index is 0.128. The third-order valence-electron chi connectivity index (χ3n) is 5.57. The fourth-order valence-corrected chi connectivity index (χ4v) is 5.94. The second-order valence-corrected chi connectivity index (χ2v) is 10.8. The predicted molar refractivity (Wildman–Crippen MR) is 141 cm³/mol. The van der Waals surface area contributed by atoms with Crippen LogP contribution in [0.25, 0.3) is 10.2 Å². The molecule has 12 heteroatoms. The van der Waals surface area contributed by atoms with Gasteiger partial charge in [-0.15, -0.1) is 0 Å². The Morgan fingerprint density at radius 3 is 2.39 bits per heavy atom. The highest BCUT2D eigenvalue weighted by molar-refractivity contribution is 7.92. The smallest absolute Gasteiger partial charge is 0.326 e. The number of hydrogen-bond acceptors (Lipinski definition) is 8. The molecule has 1 aromatic heterocycles. The fraction of sp³-hybridized carbons (Fsp3) is 0.192. The summed E-state index contributed by atoms with van der Waals surface area (Å²) in [7, 11) is -3.76. The van der Waals surface area contributed by atoms with E-state index in [0.29, 0.717) is 40.7 Å². The highest BCUT2D eigenvalue weighted by atomic mass is 32.2. The molecule has 2 heterocycles. The Balaban J connectivity index is 1.46. The second-order valence-electron chi connectivity index (χ2n) is 8.15. The fourth-order valence-electron chi connectivity index (χ4n) is 3.83. The Labute approximate surface area is 222 Å². The number of carbonyl (C=O) groups is 2. The van der Waals surface area contributed by atoms with E-state index in [1.165, 1.54) is 47.7 Å². The third-order valence-corrected chi connectivity index (χ3v) is 8.01.